The van der Waals surface area contributed by atoms with Gasteiger partial charge in [0.1, 0.15) is 6.23 Å². The van der Waals surface area contributed by atoms with E-state index in [0.29, 0.717) is 12.0 Å². The molecule has 0 unspecified atom stereocenters. The van der Waals surface area contributed by atoms with Crippen molar-refractivity contribution >= 4 is 26.1 Å². The number of aromatic amines is 1. The minimum absolute atomic E-state index is 0.0830. The zero-order chi connectivity index (χ0) is 34.5. The van der Waals surface area contributed by atoms with E-state index in [1.807, 2.05) is 50.2 Å². The second-order valence-corrected chi connectivity index (χ2v) is 20.2. The standard InChI is InChI=1S/C35H51N2O8PSi/c1-9-41-35(8,42-10-2)46(40,43-11-3)25-27-22-31(37-23-26(4)32(38)36-33(37)39)45-30(27)24-44-47(34(5,6)7,28-18-14-12-15-19-28)29-20-16-13-17-21-29/h12-21,23,27,30-31H,9-11,22,24-25H2,1-8H3,(H,36,38,39)/t27-,30-,31-,46+/m1/s1. The molecule has 1 aliphatic rings. The van der Waals surface area contributed by atoms with E-state index in [1.165, 1.54) is 10.8 Å². The molecule has 1 aromatic heterocycles. The monoisotopic (exact) mass is 686 g/mol. The maximum atomic E-state index is 14.9. The second kappa shape index (κ2) is 15.3. The van der Waals surface area contributed by atoms with Crippen LogP contribution in [0.3, 0.4) is 0 Å². The third kappa shape index (κ3) is 7.67. The fourth-order valence-corrected chi connectivity index (χ4v) is 14.0. The lowest BCUT2D eigenvalue weighted by molar-refractivity contribution is -0.168. The third-order valence-corrected chi connectivity index (χ3v) is 17.1. The van der Waals surface area contributed by atoms with Crippen LogP contribution < -0.4 is 21.6 Å². The van der Waals surface area contributed by atoms with E-state index in [-0.39, 0.29) is 43.5 Å². The number of hydrogen-bond donors (Lipinski definition) is 1. The summed E-state index contributed by atoms with van der Waals surface area (Å²) in [6.45, 7) is 16.3. The molecule has 1 N–H and O–H groups in total. The molecule has 12 heteroatoms. The molecule has 0 saturated carbocycles. The molecule has 3 aromatic rings. The maximum Gasteiger partial charge on any atom is 0.330 e. The summed E-state index contributed by atoms with van der Waals surface area (Å²) < 4.78 is 48.2. The van der Waals surface area contributed by atoms with Gasteiger partial charge in [-0.05, 0) is 56.5 Å². The first-order chi connectivity index (χ1) is 22.2. The number of aromatic nitrogens is 2. The molecule has 258 valence electrons. The van der Waals surface area contributed by atoms with Gasteiger partial charge in [-0.15, -0.1) is 0 Å². The highest BCUT2D eigenvalue weighted by Crippen LogP contribution is 2.62. The Morgan fingerprint density at radius 2 is 1.47 bits per heavy atom. The molecule has 0 bridgehead atoms. The van der Waals surface area contributed by atoms with Gasteiger partial charge in [0, 0.05) is 37.1 Å². The fraction of sp³-hybridized carbons (Fsp3) is 0.543. The first-order valence-electron chi connectivity index (χ1n) is 16.5. The number of aryl methyl sites for hydroxylation is 1. The summed E-state index contributed by atoms with van der Waals surface area (Å²) in [5.74, 6) is -0.366. The van der Waals surface area contributed by atoms with Gasteiger partial charge in [0.25, 0.3) is 21.2 Å². The number of H-pyrrole nitrogens is 1. The number of benzene rings is 2. The highest BCUT2D eigenvalue weighted by molar-refractivity contribution is 7.60. The van der Waals surface area contributed by atoms with E-state index in [9.17, 15) is 14.2 Å². The molecule has 2 aromatic carbocycles. The number of hydrogen-bond acceptors (Lipinski definition) is 8. The van der Waals surface area contributed by atoms with Gasteiger partial charge in [0.05, 0.1) is 19.3 Å². The van der Waals surface area contributed by atoms with E-state index < -0.39 is 44.8 Å². The van der Waals surface area contributed by atoms with Crippen LogP contribution in [0.1, 0.15) is 66.7 Å². The molecule has 47 heavy (non-hydrogen) atoms. The van der Waals surface area contributed by atoms with Crippen molar-refractivity contribution < 1.29 is 27.7 Å². The van der Waals surface area contributed by atoms with Crippen LogP contribution in [0, 0.1) is 12.8 Å². The summed E-state index contributed by atoms with van der Waals surface area (Å²) in [5, 5.41) is 1.97. The van der Waals surface area contributed by atoms with Crippen LogP contribution in [-0.2, 0) is 27.7 Å². The van der Waals surface area contributed by atoms with Gasteiger partial charge in [-0.25, -0.2) is 4.79 Å². The first-order valence-corrected chi connectivity index (χ1v) is 20.2. The number of ether oxygens (including phenoxy) is 3. The lowest BCUT2D eigenvalue weighted by Crippen LogP contribution is -2.67. The number of nitrogens with zero attached hydrogens (tertiary/aromatic N) is 1. The Kier molecular flexibility index (Phi) is 12.1. The molecule has 4 atom stereocenters. The Morgan fingerprint density at radius 1 is 0.915 bits per heavy atom. The van der Waals surface area contributed by atoms with Crippen LogP contribution in [0.25, 0.3) is 0 Å². The minimum Gasteiger partial charge on any atom is -0.405 e. The summed E-state index contributed by atoms with van der Waals surface area (Å²) in [4.78, 5) is 27.6. The SMILES string of the molecule is CCOC(C)(OCC)[P@](=O)(C[C@H]1C[C@H](n2cc(C)c(=O)[nH]c2=O)O[C@@H]1CO[Si](c1ccccc1)(c1ccccc1)C(C)(C)C)OCC. The van der Waals surface area contributed by atoms with Gasteiger partial charge in [0.2, 0.25) is 5.53 Å². The van der Waals surface area contributed by atoms with Crippen molar-refractivity contribution in [2.75, 3.05) is 32.6 Å². The minimum atomic E-state index is -3.64. The Balaban J connectivity index is 1.80. The van der Waals surface area contributed by atoms with Gasteiger partial charge in [-0.3, -0.25) is 18.9 Å². The van der Waals surface area contributed by atoms with Gasteiger partial charge in [-0.1, -0.05) is 81.4 Å². The summed E-state index contributed by atoms with van der Waals surface area (Å²) in [6.07, 6.45) is 0.644. The van der Waals surface area contributed by atoms with Crippen LogP contribution in [0.15, 0.2) is 76.4 Å². The Morgan fingerprint density at radius 3 is 1.96 bits per heavy atom. The largest absolute Gasteiger partial charge is 0.405 e. The van der Waals surface area contributed by atoms with Gasteiger partial charge in [0.15, 0.2) is 0 Å². The third-order valence-electron chi connectivity index (χ3n) is 8.95. The van der Waals surface area contributed by atoms with E-state index in [2.05, 4.69) is 50.0 Å². The van der Waals surface area contributed by atoms with Crippen molar-refractivity contribution in [2.24, 2.45) is 5.92 Å². The van der Waals surface area contributed by atoms with Crippen LogP contribution in [0.4, 0.5) is 0 Å². The van der Waals surface area contributed by atoms with E-state index in [0.717, 1.165) is 10.4 Å². The fourth-order valence-electron chi connectivity index (χ4n) is 6.72. The van der Waals surface area contributed by atoms with E-state index in [1.54, 1.807) is 20.8 Å². The van der Waals surface area contributed by atoms with Gasteiger partial charge < -0.3 is 23.2 Å². The van der Waals surface area contributed by atoms with Gasteiger partial charge >= 0.3 is 5.69 Å². The summed E-state index contributed by atoms with van der Waals surface area (Å²) >= 11 is 0. The second-order valence-electron chi connectivity index (χ2n) is 13.1. The molecule has 0 amide bonds. The summed E-state index contributed by atoms with van der Waals surface area (Å²) in [7, 11) is -6.59. The number of nitrogens with one attached hydrogen (secondary N) is 1. The van der Waals surface area contributed by atoms with Crippen molar-refractivity contribution in [2.45, 2.75) is 84.7 Å². The molecule has 10 nitrogen and oxygen atoms in total. The zero-order valence-corrected chi connectivity index (χ0v) is 30.9. The normalized spacial score (nSPS) is 20.3. The maximum absolute atomic E-state index is 14.9. The average Bonchev–Trinajstić information content (AvgIpc) is 3.41. The lowest BCUT2D eigenvalue weighted by atomic mass is 10.0. The first kappa shape index (κ1) is 37.2. The smallest absolute Gasteiger partial charge is 0.330 e. The zero-order valence-electron chi connectivity index (χ0n) is 29.0. The van der Waals surface area contributed by atoms with Crippen LogP contribution >= 0.6 is 7.37 Å². The molecule has 0 spiro atoms. The van der Waals surface area contributed by atoms with E-state index in [4.69, 9.17) is 23.2 Å². The Labute approximate surface area is 279 Å². The van der Waals surface area contributed by atoms with Crippen molar-refractivity contribution in [3.63, 3.8) is 0 Å². The Hall–Kier alpha value is -2.63. The average molecular weight is 687 g/mol. The van der Waals surface area contributed by atoms with Crippen molar-refractivity contribution in [1.29, 1.82) is 0 Å². The molecular weight excluding hydrogens is 635 g/mol. The molecule has 0 radical (unpaired) electrons. The molecular formula is C35H51N2O8PSi. The molecule has 1 saturated heterocycles. The van der Waals surface area contributed by atoms with E-state index >= 15 is 0 Å². The predicted molar refractivity (Wildman–Crippen MR) is 187 cm³/mol. The lowest BCUT2D eigenvalue weighted by Gasteiger charge is -2.44. The Bertz CT molecular complexity index is 1580. The quantitative estimate of drug-likeness (QED) is 0.129. The predicted octanol–water partition coefficient (Wildman–Crippen LogP) is 5.39. The van der Waals surface area contributed by atoms with Crippen LogP contribution in [-0.4, -0.2) is 62.1 Å². The number of rotatable bonds is 15. The van der Waals surface area contributed by atoms with Gasteiger partial charge in [-0.2, -0.15) is 0 Å². The van der Waals surface area contributed by atoms with Crippen LogP contribution in [0.5, 0.6) is 0 Å². The molecule has 4 rings (SSSR count). The summed E-state index contributed by atoms with van der Waals surface area (Å²) in [6, 6.07) is 20.6. The molecule has 1 aliphatic heterocycles. The highest BCUT2D eigenvalue weighted by atomic mass is 31.2. The summed E-state index contributed by atoms with van der Waals surface area (Å²) in [5.41, 5.74) is -2.10. The topological polar surface area (TPSA) is 118 Å². The molecule has 1 fully saturated rings. The van der Waals surface area contributed by atoms with Crippen molar-refractivity contribution in [1.82, 2.24) is 9.55 Å². The van der Waals surface area contributed by atoms with Crippen LogP contribution in [0.2, 0.25) is 5.04 Å². The molecule has 2 heterocycles. The van der Waals surface area contributed by atoms with Crippen molar-refractivity contribution in [3.8, 4) is 0 Å². The molecule has 0 aliphatic carbocycles. The highest BCUT2D eigenvalue weighted by Gasteiger charge is 2.54. The van der Waals surface area contributed by atoms with Crippen molar-refractivity contribution in [3.05, 3.63) is 93.3 Å².